The topological polar surface area (TPSA) is 69.2 Å². The van der Waals surface area contributed by atoms with Crippen LogP contribution in [0.5, 0.6) is 0 Å². The first-order valence-electron chi connectivity index (χ1n) is 10.6. The Kier molecular flexibility index (Phi) is 5.20. The zero-order valence-corrected chi connectivity index (χ0v) is 16.9. The molecule has 1 aliphatic heterocycles. The highest BCUT2D eigenvalue weighted by atomic mass is 16.4. The third kappa shape index (κ3) is 3.94. The van der Waals surface area contributed by atoms with E-state index in [0.717, 1.165) is 51.3 Å². The van der Waals surface area contributed by atoms with Crippen molar-refractivity contribution in [2.75, 3.05) is 37.6 Å². The van der Waals surface area contributed by atoms with Gasteiger partial charge in [0.05, 0.1) is 0 Å². The Balaban J connectivity index is 1.20. The summed E-state index contributed by atoms with van der Waals surface area (Å²) in [7, 11) is 0. The molecule has 3 aromatic rings. The summed E-state index contributed by atoms with van der Waals surface area (Å²) < 4.78 is 6.15. The average Bonchev–Trinajstić information content (AvgIpc) is 3.50. The predicted octanol–water partition coefficient (Wildman–Crippen LogP) is 3.58. The number of hydrogen-bond acceptors (Lipinski definition) is 6. The molecule has 6 nitrogen and oxygen atoms in total. The van der Waals surface area contributed by atoms with Crippen LogP contribution in [0, 0.1) is 11.3 Å². The van der Waals surface area contributed by atoms with E-state index < -0.39 is 0 Å². The van der Waals surface area contributed by atoms with Crippen LogP contribution >= 0.6 is 0 Å². The molecule has 1 aromatic carbocycles. The van der Waals surface area contributed by atoms with Gasteiger partial charge in [0.2, 0.25) is 17.5 Å². The molecule has 2 aliphatic rings. The summed E-state index contributed by atoms with van der Waals surface area (Å²) in [5.74, 6) is 2.10. The number of nitriles is 1. The second kappa shape index (κ2) is 8.29. The lowest BCUT2D eigenvalue weighted by atomic mass is 10.1. The molecule has 30 heavy (non-hydrogen) atoms. The SMILES string of the molecule is N#Cc1nc([C@H]2C[C@H]2c2ccccc2)oc1N1CCN(CCc2ccccn2)CC1. The molecule has 2 fully saturated rings. The van der Waals surface area contributed by atoms with Gasteiger partial charge in [-0.1, -0.05) is 36.4 Å². The summed E-state index contributed by atoms with van der Waals surface area (Å²) in [5, 5.41) is 9.59. The predicted molar refractivity (Wildman–Crippen MR) is 114 cm³/mol. The molecular weight excluding hydrogens is 374 g/mol. The standard InChI is InChI=1S/C24H25N5O/c25-17-22-24(30-23(27-22)21-16-20(21)18-6-2-1-3-7-18)29-14-12-28(13-15-29)11-9-19-8-4-5-10-26-19/h1-8,10,20-21H,9,11-16H2/t20-,21-/m0/s1. The van der Waals surface area contributed by atoms with Crippen molar-refractivity contribution in [2.45, 2.75) is 24.7 Å². The minimum atomic E-state index is 0.285. The van der Waals surface area contributed by atoms with Crippen LogP contribution in [0.4, 0.5) is 5.88 Å². The maximum absolute atomic E-state index is 9.59. The number of anilines is 1. The van der Waals surface area contributed by atoms with E-state index in [4.69, 9.17) is 4.42 Å². The third-order valence-corrected chi connectivity index (χ3v) is 6.14. The van der Waals surface area contributed by atoms with Crippen molar-refractivity contribution >= 4 is 5.88 Å². The molecule has 0 bridgehead atoms. The van der Waals surface area contributed by atoms with Crippen LogP contribution in [-0.4, -0.2) is 47.6 Å². The van der Waals surface area contributed by atoms with E-state index in [0.29, 0.717) is 23.4 Å². The Labute approximate surface area is 176 Å². The summed E-state index contributed by atoms with van der Waals surface area (Å²) in [5.41, 5.74) is 2.87. The Bertz CT molecular complexity index is 1020. The molecule has 1 saturated heterocycles. The van der Waals surface area contributed by atoms with Gasteiger partial charge in [0, 0.05) is 57.0 Å². The number of benzene rings is 1. The Hall–Kier alpha value is -3.17. The molecular formula is C24H25N5O. The lowest BCUT2D eigenvalue weighted by Crippen LogP contribution is -2.47. The van der Waals surface area contributed by atoms with Crippen molar-refractivity contribution < 1.29 is 4.42 Å². The normalized spacial score (nSPS) is 21.4. The number of oxazole rings is 1. The second-order valence-electron chi connectivity index (χ2n) is 8.08. The molecule has 0 N–H and O–H groups in total. The maximum Gasteiger partial charge on any atom is 0.234 e. The first kappa shape index (κ1) is 18.8. The Morgan fingerprint density at radius 1 is 1.00 bits per heavy atom. The van der Waals surface area contributed by atoms with Crippen LogP contribution in [0.15, 0.2) is 59.1 Å². The highest BCUT2D eigenvalue weighted by Gasteiger charge is 2.44. The van der Waals surface area contributed by atoms with Gasteiger partial charge in [-0.3, -0.25) is 9.88 Å². The van der Waals surface area contributed by atoms with Crippen molar-refractivity contribution in [3.63, 3.8) is 0 Å². The van der Waals surface area contributed by atoms with Gasteiger partial charge in [-0.2, -0.15) is 5.26 Å². The first-order chi connectivity index (χ1) is 14.8. The molecule has 0 amide bonds. The van der Waals surface area contributed by atoms with Gasteiger partial charge in [-0.05, 0) is 30.0 Å². The summed E-state index contributed by atoms with van der Waals surface area (Å²) in [6, 6.07) is 18.8. The first-order valence-corrected chi connectivity index (χ1v) is 10.6. The highest BCUT2D eigenvalue weighted by Crippen LogP contribution is 2.54. The smallest absolute Gasteiger partial charge is 0.234 e. The molecule has 0 radical (unpaired) electrons. The fourth-order valence-electron chi connectivity index (χ4n) is 4.30. The maximum atomic E-state index is 9.59. The van der Waals surface area contributed by atoms with Gasteiger partial charge in [-0.15, -0.1) is 0 Å². The number of rotatable bonds is 6. The molecule has 2 aromatic heterocycles. The van der Waals surface area contributed by atoms with Gasteiger partial charge in [0.1, 0.15) is 6.07 Å². The van der Waals surface area contributed by atoms with Gasteiger partial charge >= 0.3 is 0 Å². The van der Waals surface area contributed by atoms with Crippen LogP contribution in [0.1, 0.15) is 41.1 Å². The van der Waals surface area contributed by atoms with Gasteiger partial charge in [0.15, 0.2) is 0 Å². The summed E-state index contributed by atoms with van der Waals surface area (Å²) in [6.45, 7) is 4.59. The van der Waals surface area contributed by atoms with Crippen molar-refractivity contribution in [2.24, 2.45) is 0 Å². The summed E-state index contributed by atoms with van der Waals surface area (Å²) in [6.07, 6.45) is 3.84. The highest BCUT2D eigenvalue weighted by molar-refractivity contribution is 5.49. The largest absolute Gasteiger partial charge is 0.423 e. The molecule has 2 atom stereocenters. The van der Waals surface area contributed by atoms with E-state index in [9.17, 15) is 5.26 Å². The number of aromatic nitrogens is 2. The van der Waals surface area contributed by atoms with Crippen LogP contribution in [0.25, 0.3) is 0 Å². The second-order valence-corrected chi connectivity index (χ2v) is 8.08. The molecule has 5 rings (SSSR count). The number of nitrogens with zero attached hydrogens (tertiary/aromatic N) is 5. The molecule has 152 valence electrons. The lowest BCUT2D eigenvalue weighted by Gasteiger charge is -2.34. The van der Waals surface area contributed by atoms with Crippen molar-refractivity contribution in [1.29, 1.82) is 5.26 Å². The van der Waals surface area contributed by atoms with Gasteiger partial charge < -0.3 is 9.32 Å². The number of hydrogen-bond donors (Lipinski definition) is 0. The molecule has 0 spiro atoms. The Morgan fingerprint density at radius 2 is 1.80 bits per heavy atom. The lowest BCUT2D eigenvalue weighted by molar-refractivity contribution is 0.255. The van der Waals surface area contributed by atoms with E-state index >= 15 is 0 Å². The summed E-state index contributed by atoms with van der Waals surface area (Å²) in [4.78, 5) is 13.6. The molecule has 6 heteroatoms. The summed E-state index contributed by atoms with van der Waals surface area (Å²) >= 11 is 0. The zero-order valence-electron chi connectivity index (χ0n) is 16.9. The molecule has 0 unspecified atom stereocenters. The monoisotopic (exact) mass is 399 g/mol. The van der Waals surface area contributed by atoms with Crippen molar-refractivity contribution in [3.05, 3.63) is 77.6 Å². The van der Waals surface area contributed by atoms with Crippen LogP contribution < -0.4 is 4.90 Å². The molecule has 3 heterocycles. The fraction of sp³-hybridized carbons (Fsp3) is 0.375. The van der Waals surface area contributed by atoms with E-state index in [2.05, 4.69) is 56.2 Å². The molecule has 1 saturated carbocycles. The van der Waals surface area contributed by atoms with Crippen LogP contribution in [0.3, 0.4) is 0 Å². The average molecular weight is 399 g/mol. The minimum absolute atomic E-state index is 0.285. The third-order valence-electron chi connectivity index (χ3n) is 6.14. The zero-order chi connectivity index (χ0) is 20.3. The van der Waals surface area contributed by atoms with Crippen molar-refractivity contribution in [1.82, 2.24) is 14.9 Å². The van der Waals surface area contributed by atoms with E-state index in [1.807, 2.05) is 24.4 Å². The van der Waals surface area contributed by atoms with E-state index in [1.165, 1.54) is 5.56 Å². The van der Waals surface area contributed by atoms with E-state index in [1.54, 1.807) is 0 Å². The van der Waals surface area contributed by atoms with Crippen molar-refractivity contribution in [3.8, 4) is 6.07 Å². The Morgan fingerprint density at radius 3 is 2.53 bits per heavy atom. The van der Waals surface area contributed by atoms with Crippen LogP contribution in [0.2, 0.25) is 0 Å². The van der Waals surface area contributed by atoms with Gasteiger partial charge in [-0.25, -0.2) is 4.98 Å². The minimum Gasteiger partial charge on any atom is -0.423 e. The number of piperazine rings is 1. The van der Waals surface area contributed by atoms with Gasteiger partial charge in [0.25, 0.3) is 0 Å². The quantitative estimate of drug-likeness (QED) is 0.631. The van der Waals surface area contributed by atoms with Crippen LogP contribution in [-0.2, 0) is 6.42 Å². The number of pyridine rings is 1. The van der Waals surface area contributed by atoms with E-state index in [-0.39, 0.29) is 5.92 Å². The fourth-order valence-corrected chi connectivity index (χ4v) is 4.30. The molecule has 1 aliphatic carbocycles.